The third kappa shape index (κ3) is 2.53. The third-order valence-electron chi connectivity index (χ3n) is 1.74. The van der Waals surface area contributed by atoms with E-state index >= 15 is 0 Å². The number of amides is 1. The summed E-state index contributed by atoms with van der Waals surface area (Å²) in [5.74, 6) is -2.00. The van der Waals surface area contributed by atoms with Crippen molar-refractivity contribution in [2.45, 2.75) is 6.92 Å². The number of hydrogen-bond acceptors (Lipinski definition) is 5. The maximum Gasteiger partial charge on any atom is 0.292 e. The Morgan fingerprint density at radius 1 is 1.38 bits per heavy atom. The Balaban J connectivity index is 3.26. The second kappa shape index (κ2) is 4.39. The molecular formula is C9H7N2O5-. The standard InChI is InChI=1S/C9H8N2O5/c1-5(12)10-7-4-6(9(13)14)2-3-8(7)11(15)16/h2-4H,1H3,(H,10,12)(H,13,14)/p-1. The highest BCUT2D eigenvalue weighted by atomic mass is 16.6. The van der Waals surface area contributed by atoms with E-state index in [2.05, 4.69) is 5.32 Å². The minimum Gasteiger partial charge on any atom is -0.545 e. The molecule has 0 radical (unpaired) electrons. The van der Waals surface area contributed by atoms with Crippen LogP contribution in [0.2, 0.25) is 0 Å². The topological polar surface area (TPSA) is 112 Å². The summed E-state index contributed by atoms with van der Waals surface area (Å²) in [4.78, 5) is 31.2. The van der Waals surface area contributed by atoms with E-state index in [4.69, 9.17) is 0 Å². The van der Waals surface area contributed by atoms with Crippen LogP contribution in [0.4, 0.5) is 11.4 Å². The van der Waals surface area contributed by atoms with Crippen molar-refractivity contribution in [2.24, 2.45) is 0 Å². The molecule has 0 unspecified atom stereocenters. The highest BCUT2D eigenvalue weighted by Gasteiger charge is 2.15. The van der Waals surface area contributed by atoms with Gasteiger partial charge in [-0.25, -0.2) is 0 Å². The number of carboxylic acids is 1. The van der Waals surface area contributed by atoms with Crippen LogP contribution in [0.1, 0.15) is 17.3 Å². The van der Waals surface area contributed by atoms with Crippen LogP contribution in [0.3, 0.4) is 0 Å². The van der Waals surface area contributed by atoms with Crippen molar-refractivity contribution in [1.82, 2.24) is 0 Å². The fraction of sp³-hybridized carbons (Fsp3) is 0.111. The van der Waals surface area contributed by atoms with Gasteiger partial charge >= 0.3 is 0 Å². The fourth-order valence-corrected chi connectivity index (χ4v) is 1.11. The number of nitrogens with one attached hydrogen (secondary N) is 1. The number of nitro groups is 1. The van der Waals surface area contributed by atoms with Gasteiger partial charge < -0.3 is 15.2 Å². The van der Waals surface area contributed by atoms with Gasteiger partial charge in [0.1, 0.15) is 5.69 Å². The maximum absolute atomic E-state index is 10.8. The third-order valence-corrected chi connectivity index (χ3v) is 1.74. The number of nitro benzene ring substituents is 1. The van der Waals surface area contributed by atoms with E-state index < -0.39 is 16.8 Å². The van der Waals surface area contributed by atoms with Crippen LogP contribution < -0.4 is 10.4 Å². The molecule has 1 aromatic carbocycles. The first kappa shape index (κ1) is 11.6. The second-order valence-electron chi connectivity index (χ2n) is 2.96. The van der Waals surface area contributed by atoms with Crippen molar-refractivity contribution >= 4 is 23.3 Å². The minimum atomic E-state index is -1.47. The van der Waals surface area contributed by atoms with Gasteiger partial charge in [0.25, 0.3) is 5.69 Å². The summed E-state index contributed by atoms with van der Waals surface area (Å²) in [6.07, 6.45) is 0. The van der Waals surface area contributed by atoms with E-state index in [0.717, 1.165) is 25.1 Å². The number of benzene rings is 1. The molecule has 84 valence electrons. The molecule has 0 saturated carbocycles. The van der Waals surface area contributed by atoms with Gasteiger partial charge in [-0.05, 0) is 17.7 Å². The van der Waals surface area contributed by atoms with Crippen LogP contribution >= 0.6 is 0 Å². The summed E-state index contributed by atoms with van der Waals surface area (Å²) in [6.45, 7) is 1.16. The van der Waals surface area contributed by atoms with Gasteiger partial charge in [-0.2, -0.15) is 0 Å². The average molecular weight is 223 g/mol. The molecule has 7 nitrogen and oxygen atoms in total. The monoisotopic (exact) mass is 223 g/mol. The predicted molar refractivity (Wildman–Crippen MR) is 51.7 cm³/mol. The first-order valence-electron chi connectivity index (χ1n) is 4.19. The Labute approximate surface area is 89.8 Å². The summed E-state index contributed by atoms with van der Waals surface area (Å²) in [5.41, 5.74) is -0.784. The van der Waals surface area contributed by atoms with E-state index in [1.54, 1.807) is 0 Å². The van der Waals surface area contributed by atoms with Crippen molar-refractivity contribution in [1.29, 1.82) is 0 Å². The molecule has 0 aliphatic rings. The molecule has 0 fully saturated rings. The van der Waals surface area contributed by atoms with Crippen LogP contribution in [0.25, 0.3) is 0 Å². The number of carbonyl (C=O) groups excluding carboxylic acids is 2. The molecule has 1 N–H and O–H groups in total. The Morgan fingerprint density at radius 2 is 2.00 bits per heavy atom. The molecule has 0 spiro atoms. The number of anilines is 1. The van der Waals surface area contributed by atoms with Crippen molar-refractivity contribution in [3.05, 3.63) is 33.9 Å². The highest BCUT2D eigenvalue weighted by molar-refractivity contribution is 5.94. The molecule has 1 aromatic rings. The second-order valence-corrected chi connectivity index (χ2v) is 2.96. The van der Waals surface area contributed by atoms with E-state index in [-0.39, 0.29) is 16.9 Å². The first-order valence-corrected chi connectivity index (χ1v) is 4.19. The number of aromatic carboxylic acids is 1. The first-order chi connectivity index (χ1) is 7.41. The molecule has 0 saturated heterocycles. The Bertz CT molecular complexity index is 469. The summed E-state index contributed by atoms with van der Waals surface area (Å²) in [6, 6.07) is 3.02. The largest absolute Gasteiger partial charge is 0.545 e. The van der Waals surface area contributed by atoms with Gasteiger partial charge in [0.2, 0.25) is 5.91 Å². The highest BCUT2D eigenvalue weighted by Crippen LogP contribution is 2.25. The Hall–Kier alpha value is -2.44. The fourth-order valence-electron chi connectivity index (χ4n) is 1.11. The number of rotatable bonds is 3. The van der Waals surface area contributed by atoms with Crippen molar-refractivity contribution < 1.29 is 19.6 Å². The molecule has 0 bridgehead atoms. The normalized spacial score (nSPS) is 9.56. The summed E-state index contributed by atoms with van der Waals surface area (Å²) >= 11 is 0. The predicted octanol–water partition coefficient (Wildman–Crippen LogP) is -0.0833. The van der Waals surface area contributed by atoms with Gasteiger partial charge in [-0.1, -0.05) is 0 Å². The van der Waals surface area contributed by atoms with E-state index in [1.807, 2.05) is 0 Å². The van der Waals surface area contributed by atoms with Crippen LogP contribution in [-0.4, -0.2) is 16.8 Å². The number of nitrogens with zero attached hydrogens (tertiary/aromatic N) is 1. The van der Waals surface area contributed by atoms with Gasteiger partial charge in [0.15, 0.2) is 0 Å². The number of carbonyl (C=O) groups is 2. The molecule has 16 heavy (non-hydrogen) atoms. The summed E-state index contributed by atoms with van der Waals surface area (Å²) < 4.78 is 0. The molecule has 1 rings (SSSR count). The smallest absolute Gasteiger partial charge is 0.292 e. The molecule has 7 heteroatoms. The van der Waals surface area contributed by atoms with E-state index in [0.29, 0.717) is 0 Å². The molecule has 0 atom stereocenters. The lowest BCUT2D eigenvalue weighted by Gasteiger charge is -2.07. The zero-order valence-electron chi connectivity index (χ0n) is 8.22. The average Bonchev–Trinajstić information content (AvgIpc) is 2.15. The van der Waals surface area contributed by atoms with Crippen molar-refractivity contribution in [3.63, 3.8) is 0 Å². The molecule has 1 amide bonds. The van der Waals surface area contributed by atoms with Crippen LogP contribution in [0, 0.1) is 10.1 Å². The Morgan fingerprint density at radius 3 is 2.44 bits per heavy atom. The lowest BCUT2D eigenvalue weighted by molar-refractivity contribution is -0.383. The van der Waals surface area contributed by atoms with Gasteiger partial charge in [-0.3, -0.25) is 14.9 Å². The van der Waals surface area contributed by atoms with Crippen LogP contribution in [0.5, 0.6) is 0 Å². The molecule has 0 aliphatic heterocycles. The van der Waals surface area contributed by atoms with E-state index in [1.165, 1.54) is 0 Å². The molecular weight excluding hydrogens is 216 g/mol. The maximum atomic E-state index is 10.8. The van der Waals surface area contributed by atoms with Crippen molar-refractivity contribution in [2.75, 3.05) is 5.32 Å². The molecule has 0 heterocycles. The van der Waals surface area contributed by atoms with Crippen LogP contribution in [0.15, 0.2) is 18.2 Å². The number of hydrogen-bond donors (Lipinski definition) is 1. The lowest BCUT2D eigenvalue weighted by atomic mass is 10.1. The zero-order chi connectivity index (χ0) is 12.3. The Kier molecular flexibility index (Phi) is 3.19. The van der Waals surface area contributed by atoms with Gasteiger partial charge in [-0.15, -0.1) is 0 Å². The molecule has 0 aromatic heterocycles. The summed E-state index contributed by atoms with van der Waals surface area (Å²) in [5, 5.41) is 23.3. The SMILES string of the molecule is CC(=O)Nc1cc(C(=O)[O-])ccc1[N+](=O)[O-]. The minimum absolute atomic E-state index is 0.167. The quantitative estimate of drug-likeness (QED) is 0.568. The summed E-state index contributed by atoms with van der Waals surface area (Å²) in [7, 11) is 0. The van der Waals surface area contributed by atoms with Gasteiger partial charge in [0, 0.05) is 13.0 Å². The molecule has 0 aliphatic carbocycles. The van der Waals surface area contributed by atoms with Crippen LogP contribution in [-0.2, 0) is 4.79 Å². The van der Waals surface area contributed by atoms with Gasteiger partial charge in [0.05, 0.1) is 10.9 Å². The zero-order valence-corrected chi connectivity index (χ0v) is 8.22. The lowest BCUT2D eigenvalue weighted by Crippen LogP contribution is -2.22. The van der Waals surface area contributed by atoms with E-state index in [9.17, 15) is 24.8 Å². The van der Waals surface area contributed by atoms with Crippen molar-refractivity contribution in [3.8, 4) is 0 Å². The number of carboxylic acid groups (broad SMARTS) is 1.